The SMILES string of the molecule is COCCC(=O)c1ncc(C(=O)O)s1. The van der Waals surface area contributed by atoms with E-state index in [2.05, 4.69) is 4.98 Å². The van der Waals surface area contributed by atoms with Gasteiger partial charge in [0.25, 0.3) is 0 Å². The number of hydrogen-bond acceptors (Lipinski definition) is 5. The van der Waals surface area contributed by atoms with E-state index in [4.69, 9.17) is 9.84 Å². The molecule has 0 radical (unpaired) electrons. The van der Waals surface area contributed by atoms with Crippen molar-refractivity contribution < 1.29 is 19.4 Å². The summed E-state index contributed by atoms with van der Waals surface area (Å²) < 4.78 is 4.73. The Hall–Kier alpha value is -1.27. The minimum atomic E-state index is -1.06. The van der Waals surface area contributed by atoms with Gasteiger partial charge in [-0.3, -0.25) is 4.79 Å². The maximum Gasteiger partial charge on any atom is 0.347 e. The predicted octanol–water partition coefficient (Wildman–Crippen LogP) is 1.06. The minimum Gasteiger partial charge on any atom is -0.477 e. The van der Waals surface area contributed by atoms with Crippen LogP contribution < -0.4 is 0 Å². The summed E-state index contributed by atoms with van der Waals surface area (Å²) in [5.74, 6) is -1.25. The van der Waals surface area contributed by atoms with E-state index < -0.39 is 5.97 Å². The molecule has 0 aliphatic heterocycles. The van der Waals surface area contributed by atoms with Crippen molar-refractivity contribution in [3.63, 3.8) is 0 Å². The molecule has 0 bridgehead atoms. The molecule has 0 fully saturated rings. The predicted molar refractivity (Wildman–Crippen MR) is 49.9 cm³/mol. The zero-order chi connectivity index (χ0) is 10.6. The van der Waals surface area contributed by atoms with Gasteiger partial charge in [0, 0.05) is 13.5 Å². The number of ketones is 1. The average Bonchev–Trinajstić information content (AvgIpc) is 2.62. The van der Waals surface area contributed by atoms with Crippen LogP contribution in [0.1, 0.15) is 25.9 Å². The Morgan fingerprint density at radius 2 is 2.36 bits per heavy atom. The Labute approximate surface area is 84.3 Å². The van der Waals surface area contributed by atoms with E-state index in [9.17, 15) is 9.59 Å². The highest BCUT2D eigenvalue weighted by molar-refractivity contribution is 7.15. The van der Waals surface area contributed by atoms with Gasteiger partial charge in [0.2, 0.25) is 0 Å². The van der Waals surface area contributed by atoms with Crippen LogP contribution in [-0.2, 0) is 4.74 Å². The number of thiazole rings is 1. The second kappa shape index (κ2) is 4.83. The quantitative estimate of drug-likeness (QED) is 0.743. The molecular weight excluding hydrogens is 206 g/mol. The first-order chi connectivity index (χ1) is 6.65. The number of ether oxygens (including phenoxy) is 1. The van der Waals surface area contributed by atoms with Gasteiger partial charge < -0.3 is 9.84 Å². The number of carbonyl (C=O) groups is 2. The standard InChI is InChI=1S/C8H9NO4S/c1-13-3-2-5(10)7-9-4-6(14-7)8(11)12/h4H,2-3H2,1H3,(H,11,12). The van der Waals surface area contributed by atoms with Gasteiger partial charge in [-0.1, -0.05) is 0 Å². The third-order valence-corrected chi connectivity index (χ3v) is 2.51. The van der Waals surface area contributed by atoms with E-state index in [1.54, 1.807) is 0 Å². The maximum absolute atomic E-state index is 11.3. The smallest absolute Gasteiger partial charge is 0.347 e. The van der Waals surface area contributed by atoms with E-state index >= 15 is 0 Å². The number of carbonyl (C=O) groups excluding carboxylic acids is 1. The number of Topliss-reactive ketones (excluding diaryl/α,β-unsaturated/α-hetero) is 1. The molecule has 1 N–H and O–H groups in total. The second-order valence-electron chi connectivity index (χ2n) is 2.50. The van der Waals surface area contributed by atoms with Crippen molar-refractivity contribution in [3.8, 4) is 0 Å². The van der Waals surface area contributed by atoms with Crippen LogP contribution in [-0.4, -0.2) is 35.6 Å². The summed E-state index contributed by atoms with van der Waals surface area (Å²) >= 11 is 0.884. The van der Waals surface area contributed by atoms with Crippen LogP contribution in [0.3, 0.4) is 0 Å². The number of hydrogen-bond donors (Lipinski definition) is 1. The van der Waals surface area contributed by atoms with E-state index in [1.807, 2.05) is 0 Å². The fourth-order valence-corrected chi connectivity index (χ4v) is 1.53. The lowest BCUT2D eigenvalue weighted by molar-refractivity contribution is 0.0701. The molecule has 5 nitrogen and oxygen atoms in total. The molecule has 1 aromatic rings. The van der Waals surface area contributed by atoms with Gasteiger partial charge in [-0.15, -0.1) is 11.3 Å². The molecule has 0 saturated carbocycles. The molecule has 0 saturated heterocycles. The fourth-order valence-electron chi connectivity index (χ4n) is 0.804. The Morgan fingerprint density at radius 1 is 1.64 bits per heavy atom. The minimum absolute atomic E-state index is 0.0748. The highest BCUT2D eigenvalue weighted by atomic mass is 32.1. The third-order valence-electron chi connectivity index (χ3n) is 1.49. The first kappa shape index (κ1) is 10.8. The van der Waals surface area contributed by atoms with Crippen molar-refractivity contribution in [2.24, 2.45) is 0 Å². The molecule has 6 heteroatoms. The average molecular weight is 215 g/mol. The summed E-state index contributed by atoms with van der Waals surface area (Å²) in [6, 6.07) is 0. The zero-order valence-corrected chi connectivity index (χ0v) is 8.34. The van der Waals surface area contributed by atoms with E-state index in [0.717, 1.165) is 11.3 Å². The summed E-state index contributed by atoms with van der Waals surface area (Å²) in [6.45, 7) is 0.320. The molecule has 76 valence electrons. The van der Waals surface area contributed by atoms with Crippen LogP contribution in [0.25, 0.3) is 0 Å². The number of carboxylic acids is 1. The third kappa shape index (κ3) is 2.61. The van der Waals surface area contributed by atoms with Crippen LogP contribution in [0.2, 0.25) is 0 Å². The van der Waals surface area contributed by atoms with Crippen molar-refractivity contribution in [2.75, 3.05) is 13.7 Å². The van der Waals surface area contributed by atoms with E-state index in [0.29, 0.717) is 6.61 Å². The zero-order valence-electron chi connectivity index (χ0n) is 7.52. The molecule has 0 aliphatic carbocycles. The monoisotopic (exact) mass is 215 g/mol. The Morgan fingerprint density at radius 3 is 2.86 bits per heavy atom. The molecule has 0 aliphatic rings. The molecule has 0 amide bonds. The summed E-state index contributed by atoms with van der Waals surface area (Å²) in [5, 5.41) is 8.81. The van der Waals surface area contributed by atoms with Gasteiger partial charge in [-0.2, -0.15) is 0 Å². The van der Waals surface area contributed by atoms with Gasteiger partial charge in [0.1, 0.15) is 4.88 Å². The first-order valence-corrected chi connectivity index (χ1v) is 4.68. The maximum atomic E-state index is 11.3. The van der Waals surface area contributed by atoms with Crippen LogP contribution >= 0.6 is 11.3 Å². The Balaban J connectivity index is 2.66. The molecular formula is C8H9NO4S. The van der Waals surface area contributed by atoms with Crippen molar-refractivity contribution in [1.82, 2.24) is 4.98 Å². The van der Waals surface area contributed by atoms with E-state index in [1.165, 1.54) is 13.3 Å². The molecule has 1 heterocycles. The summed E-state index contributed by atoms with van der Waals surface area (Å²) in [5.41, 5.74) is 0. The van der Waals surface area contributed by atoms with Gasteiger partial charge in [0.15, 0.2) is 10.8 Å². The number of methoxy groups -OCH3 is 1. The fraction of sp³-hybridized carbons (Fsp3) is 0.375. The van der Waals surface area contributed by atoms with Crippen molar-refractivity contribution >= 4 is 23.1 Å². The molecule has 0 aromatic carbocycles. The Bertz CT molecular complexity index is 347. The van der Waals surface area contributed by atoms with Crippen LogP contribution in [0, 0.1) is 0 Å². The van der Waals surface area contributed by atoms with Crippen molar-refractivity contribution in [3.05, 3.63) is 16.1 Å². The van der Waals surface area contributed by atoms with E-state index in [-0.39, 0.29) is 22.1 Å². The van der Waals surface area contributed by atoms with Crippen molar-refractivity contribution in [2.45, 2.75) is 6.42 Å². The number of aromatic nitrogens is 1. The summed E-state index contributed by atoms with van der Waals surface area (Å²) in [4.78, 5) is 25.6. The topological polar surface area (TPSA) is 76.5 Å². The number of aromatic carboxylic acids is 1. The Kier molecular flexibility index (Phi) is 3.73. The van der Waals surface area contributed by atoms with Crippen molar-refractivity contribution in [1.29, 1.82) is 0 Å². The summed E-state index contributed by atoms with van der Waals surface area (Å²) in [7, 11) is 1.50. The van der Waals surface area contributed by atoms with Gasteiger partial charge in [0.05, 0.1) is 12.8 Å². The lowest BCUT2D eigenvalue weighted by Gasteiger charge is -1.94. The lowest BCUT2D eigenvalue weighted by atomic mass is 10.3. The van der Waals surface area contributed by atoms with Crippen LogP contribution in [0.5, 0.6) is 0 Å². The number of carboxylic acid groups (broad SMARTS) is 1. The normalized spacial score (nSPS) is 10.1. The second-order valence-corrected chi connectivity index (χ2v) is 3.53. The highest BCUT2D eigenvalue weighted by Gasteiger charge is 2.13. The molecule has 0 atom stereocenters. The molecule has 0 spiro atoms. The van der Waals surface area contributed by atoms with Crippen LogP contribution in [0.15, 0.2) is 6.20 Å². The largest absolute Gasteiger partial charge is 0.477 e. The molecule has 1 rings (SSSR count). The highest BCUT2D eigenvalue weighted by Crippen LogP contribution is 2.14. The summed E-state index contributed by atoms with van der Waals surface area (Å²) in [6.07, 6.45) is 1.41. The van der Waals surface area contributed by atoms with Gasteiger partial charge in [-0.05, 0) is 0 Å². The molecule has 1 aromatic heterocycles. The molecule has 0 unspecified atom stereocenters. The number of rotatable bonds is 5. The molecule has 14 heavy (non-hydrogen) atoms. The van der Waals surface area contributed by atoms with Gasteiger partial charge >= 0.3 is 5.97 Å². The van der Waals surface area contributed by atoms with Gasteiger partial charge in [-0.25, -0.2) is 9.78 Å². The lowest BCUT2D eigenvalue weighted by Crippen LogP contribution is -2.02. The van der Waals surface area contributed by atoms with Crippen LogP contribution in [0.4, 0.5) is 0 Å². The number of nitrogens with zero attached hydrogens (tertiary/aromatic N) is 1. The first-order valence-electron chi connectivity index (χ1n) is 3.86.